The molecule has 7 rings (SSSR count). The first-order valence-corrected chi connectivity index (χ1v) is 11.9. The maximum absolute atomic E-state index is 13.8. The Balaban J connectivity index is 1.40. The van der Waals surface area contributed by atoms with Crippen molar-refractivity contribution in [2.75, 3.05) is 4.90 Å². The number of allylic oxidation sites excluding steroid dienone is 2. The van der Waals surface area contributed by atoms with Gasteiger partial charge in [0.05, 0.1) is 17.5 Å². The molecule has 5 fully saturated rings. The summed E-state index contributed by atoms with van der Waals surface area (Å²) in [5.41, 5.74) is 4.20. The largest absolute Gasteiger partial charge is 0.274 e. The zero-order valence-electron chi connectivity index (χ0n) is 16.9. The zero-order chi connectivity index (χ0) is 19.3. The molecule has 0 radical (unpaired) electrons. The summed E-state index contributed by atoms with van der Waals surface area (Å²) in [6, 6.07) is 9.71. The Hall–Kier alpha value is -1.90. The molecule has 3 nitrogen and oxygen atoms in total. The molecule has 150 valence electrons. The molecule has 1 saturated heterocycles. The number of fused-ring (bicyclic) bond motifs is 1. The third-order valence-corrected chi connectivity index (χ3v) is 8.53. The van der Waals surface area contributed by atoms with E-state index in [9.17, 15) is 9.59 Å². The summed E-state index contributed by atoms with van der Waals surface area (Å²) in [4.78, 5) is 29.3. The number of hydrogen-bond acceptors (Lipinski definition) is 2. The first-order chi connectivity index (χ1) is 14.2. The standard InChI is InChI=1S/C26H29NO2/c28-25-23-21(16-10-11-16)19(14-6-7-14)20(15-8-9-15)22(17-12-13-17)24(23)26(29)27(25)18-4-2-1-3-5-18/h1-5,14-17,21-24H,6-13H2/t21-,22+,23-,24+. The summed E-state index contributed by atoms with van der Waals surface area (Å²) in [7, 11) is 0. The molecule has 5 aliphatic carbocycles. The number of rotatable bonds is 5. The second-order valence-electron chi connectivity index (χ2n) is 10.6. The average molecular weight is 388 g/mol. The minimum Gasteiger partial charge on any atom is -0.274 e. The number of carbonyl (C=O) groups excluding carboxylic acids is 2. The summed E-state index contributed by atoms with van der Waals surface area (Å²) in [5, 5.41) is 0. The van der Waals surface area contributed by atoms with Gasteiger partial charge in [0.1, 0.15) is 0 Å². The minimum absolute atomic E-state index is 0.0843. The fourth-order valence-corrected chi connectivity index (χ4v) is 6.88. The van der Waals surface area contributed by atoms with Crippen LogP contribution in [0, 0.1) is 47.3 Å². The van der Waals surface area contributed by atoms with Crippen molar-refractivity contribution >= 4 is 17.5 Å². The maximum atomic E-state index is 13.8. The second kappa shape index (κ2) is 5.83. The van der Waals surface area contributed by atoms with Crippen LogP contribution in [0.2, 0.25) is 0 Å². The van der Waals surface area contributed by atoms with Crippen molar-refractivity contribution in [1.29, 1.82) is 0 Å². The summed E-state index contributed by atoms with van der Waals surface area (Å²) in [5.74, 6) is 3.55. The predicted octanol–water partition coefficient (Wildman–Crippen LogP) is 4.97. The van der Waals surface area contributed by atoms with Crippen LogP contribution in [0.25, 0.3) is 0 Å². The molecule has 0 bridgehead atoms. The Morgan fingerprint density at radius 1 is 0.586 bits per heavy atom. The average Bonchev–Trinajstić information content (AvgIpc) is 3.56. The topological polar surface area (TPSA) is 37.4 Å². The van der Waals surface area contributed by atoms with Gasteiger partial charge in [0.2, 0.25) is 11.8 Å². The van der Waals surface area contributed by atoms with Crippen molar-refractivity contribution in [2.24, 2.45) is 47.3 Å². The van der Waals surface area contributed by atoms with Gasteiger partial charge in [0.25, 0.3) is 0 Å². The van der Waals surface area contributed by atoms with Gasteiger partial charge in [-0.15, -0.1) is 0 Å². The molecule has 0 N–H and O–H groups in total. The first kappa shape index (κ1) is 16.8. The fraction of sp³-hybridized carbons (Fsp3) is 0.615. The highest BCUT2D eigenvalue weighted by molar-refractivity contribution is 6.22. The van der Waals surface area contributed by atoms with E-state index in [4.69, 9.17) is 0 Å². The Morgan fingerprint density at radius 3 is 1.41 bits per heavy atom. The van der Waals surface area contributed by atoms with Crippen molar-refractivity contribution in [1.82, 2.24) is 0 Å². The molecule has 1 aromatic carbocycles. The van der Waals surface area contributed by atoms with Crippen LogP contribution in [0.5, 0.6) is 0 Å². The zero-order valence-corrected chi connectivity index (χ0v) is 16.9. The van der Waals surface area contributed by atoms with E-state index in [2.05, 4.69) is 0 Å². The second-order valence-corrected chi connectivity index (χ2v) is 10.6. The van der Waals surface area contributed by atoms with Crippen molar-refractivity contribution in [3.63, 3.8) is 0 Å². The minimum atomic E-state index is -0.0843. The van der Waals surface area contributed by atoms with Crippen LogP contribution in [-0.2, 0) is 9.59 Å². The van der Waals surface area contributed by atoms with Gasteiger partial charge >= 0.3 is 0 Å². The van der Waals surface area contributed by atoms with E-state index in [1.54, 1.807) is 16.0 Å². The lowest BCUT2D eigenvalue weighted by atomic mass is 9.60. The summed E-state index contributed by atoms with van der Waals surface area (Å²) < 4.78 is 0. The van der Waals surface area contributed by atoms with Crippen molar-refractivity contribution in [2.45, 2.75) is 51.4 Å². The van der Waals surface area contributed by atoms with E-state index >= 15 is 0 Å². The van der Waals surface area contributed by atoms with E-state index in [1.807, 2.05) is 30.3 Å². The van der Waals surface area contributed by atoms with E-state index < -0.39 is 0 Å². The molecule has 4 saturated carbocycles. The molecule has 29 heavy (non-hydrogen) atoms. The molecule has 0 unspecified atom stereocenters. The Morgan fingerprint density at radius 2 is 1.03 bits per heavy atom. The van der Waals surface area contributed by atoms with Crippen molar-refractivity contribution in [3.05, 3.63) is 41.5 Å². The van der Waals surface area contributed by atoms with Crippen LogP contribution in [0.4, 0.5) is 5.69 Å². The van der Waals surface area contributed by atoms with E-state index in [0.717, 1.165) is 17.5 Å². The van der Waals surface area contributed by atoms with Crippen molar-refractivity contribution < 1.29 is 9.59 Å². The third-order valence-electron chi connectivity index (χ3n) is 8.53. The van der Waals surface area contributed by atoms with E-state index in [1.165, 1.54) is 51.4 Å². The quantitative estimate of drug-likeness (QED) is 0.528. The highest BCUT2D eigenvalue weighted by Crippen LogP contribution is 2.66. The predicted molar refractivity (Wildman–Crippen MR) is 111 cm³/mol. The third kappa shape index (κ3) is 2.49. The van der Waals surface area contributed by atoms with Gasteiger partial charge < -0.3 is 0 Å². The van der Waals surface area contributed by atoms with Gasteiger partial charge in [-0.3, -0.25) is 14.5 Å². The van der Waals surface area contributed by atoms with Gasteiger partial charge in [-0.05, 0) is 99.0 Å². The summed E-state index contributed by atoms with van der Waals surface area (Å²) >= 11 is 0. The molecule has 0 aromatic heterocycles. The molecule has 0 spiro atoms. The number of amides is 2. The Bertz CT molecular complexity index is 861. The van der Waals surface area contributed by atoms with Gasteiger partial charge in [-0.2, -0.15) is 0 Å². The molecule has 1 aromatic rings. The van der Waals surface area contributed by atoms with Crippen LogP contribution in [0.1, 0.15) is 51.4 Å². The smallest absolute Gasteiger partial charge is 0.238 e. The van der Waals surface area contributed by atoms with Gasteiger partial charge in [0, 0.05) is 0 Å². The lowest BCUT2D eigenvalue weighted by molar-refractivity contribution is -0.123. The SMILES string of the molecule is O=C1[C@@H]2[C@H](C(=O)N1c1ccccc1)[C@H](C1CC1)C(C1CC1)=C(C1CC1)[C@@H]2C1CC1. The molecule has 3 heteroatoms. The first-order valence-electron chi connectivity index (χ1n) is 11.9. The number of nitrogens with zero attached hydrogens (tertiary/aromatic N) is 1. The molecule has 1 aliphatic heterocycles. The van der Waals surface area contributed by atoms with Crippen LogP contribution in [0.3, 0.4) is 0 Å². The number of carbonyl (C=O) groups is 2. The molecule has 6 aliphatic rings. The number of hydrogen-bond donors (Lipinski definition) is 0. The summed E-state index contributed by atoms with van der Waals surface area (Å²) in [6.07, 6.45) is 10.3. The fourth-order valence-electron chi connectivity index (χ4n) is 6.88. The van der Waals surface area contributed by atoms with E-state index in [-0.39, 0.29) is 23.7 Å². The van der Waals surface area contributed by atoms with Crippen molar-refractivity contribution in [3.8, 4) is 0 Å². The lowest BCUT2D eigenvalue weighted by Gasteiger charge is -2.42. The number of anilines is 1. The molecule has 1 heterocycles. The van der Waals surface area contributed by atoms with Gasteiger partial charge in [-0.25, -0.2) is 0 Å². The highest BCUT2D eigenvalue weighted by atomic mass is 16.2. The summed E-state index contributed by atoms with van der Waals surface area (Å²) in [6.45, 7) is 0. The lowest BCUT2D eigenvalue weighted by Crippen LogP contribution is -2.41. The molecular formula is C26H29NO2. The maximum Gasteiger partial charge on any atom is 0.238 e. The highest BCUT2D eigenvalue weighted by Gasteiger charge is 2.65. The normalized spacial score (nSPS) is 37.3. The van der Waals surface area contributed by atoms with Crippen LogP contribution in [0.15, 0.2) is 41.5 Å². The number of benzene rings is 1. The van der Waals surface area contributed by atoms with Crippen LogP contribution < -0.4 is 4.90 Å². The molecule has 2 amide bonds. The molecular weight excluding hydrogens is 358 g/mol. The van der Waals surface area contributed by atoms with Gasteiger partial charge in [0.15, 0.2) is 0 Å². The van der Waals surface area contributed by atoms with Gasteiger partial charge in [-0.1, -0.05) is 29.3 Å². The number of para-hydroxylation sites is 1. The monoisotopic (exact) mass is 387 g/mol. The Labute approximate surface area is 172 Å². The van der Waals surface area contributed by atoms with E-state index in [0.29, 0.717) is 23.7 Å². The Kier molecular flexibility index (Phi) is 3.39. The van der Waals surface area contributed by atoms with Crippen LogP contribution in [-0.4, -0.2) is 11.8 Å². The molecule has 4 atom stereocenters. The number of imide groups is 1. The van der Waals surface area contributed by atoms with Crippen LogP contribution >= 0.6 is 0 Å².